The van der Waals surface area contributed by atoms with Gasteiger partial charge in [0.05, 0.1) is 6.26 Å². The summed E-state index contributed by atoms with van der Waals surface area (Å²) >= 11 is 6.07. The van der Waals surface area contributed by atoms with E-state index in [1.54, 1.807) is 25.2 Å². The van der Waals surface area contributed by atoms with Crippen molar-refractivity contribution in [3.05, 3.63) is 45.1 Å². The second-order valence-corrected chi connectivity index (χ2v) is 9.70. The minimum Gasteiger partial charge on any atom is -0.324 e. The van der Waals surface area contributed by atoms with E-state index in [9.17, 15) is 18.0 Å². The number of nitrogens with one attached hydrogen (secondary N) is 1. The number of hydrogen-bond donors (Lipinski definition) is 1. The van der Waals surface area contributed by atoms with E-state index in [1.165, 1.54) is 15.1 Å². The molecule has 1 aromatic carbocycles. The summed E-state index contributed by atoms with van der Waals surface area (Å²) in [6.07, 6.45) is 2.34. The van der Waals surface area contributed by atoms with Gasteiger partial charge in [0.25, 0.3) is 0 Å². The van der Waals surface area contributed by atoms with Gasteiger partial charge in [-0.1, -0.05) is 17.7 Å². The molecule has 9 nitrogen and oxygen atoms in total. The van der Waals surface area contributed by atoms with Gasteiger partial charge in [0.15, 0.2) is 0 Å². The summed E-state index contributed by atoms with van der Waals surface area (Å²) in [5.41, 5.74) is 1.06. The fourth-order valence-electron chi connectivity index (χ4n) is 3.42. The highest BCUT2D eigenvalue weighted by Gasteiger charge is 2.29. The van der Waals surface area contributed by atoms with Crippen molar-refractivity contribution in [3.63, 3.8) is 0 Å². The molecule has 2 aromatic rings. The monoisotopic (exact) mass is 441 g/mol. The summed E-state index contributed by atoms with van der Waals surface area (Å²) in [6.45, 7) is 2.42. The van der Waals surface area contributed by atoms with Crippen LogP contribution in [-0.4, -0.2) is 52.3 Å². The molecule has 29 heavy (non-hydrogen) atoms. The number of carbonyl (C=O) groups is 1. The molecular formula is C18H24ClN5O4S. The van der Waals surface area contributed by atoms with Gasteiger partial charge in [0.1, 0.15) is 12.4 Å². The number of piperidine rings is 1. The molecule has 0 spiro atoms. The second-order valence-electron chi connectivity index (χ2n) is 7.31. The highest BCUT2D eigenvalue weighted by Crippen LogP contribution is 2.27. The zero-order chi connectivity index (χ0) is 21.3. The molecule has 1 aromatic heterocycles. The van der Waals surface area contributed by atoms with Crippen LogP contribution in [0.3, 0.4) is 0 Å². The summed E-state index contributed by atoms with van der Waals surface area (Å²) in [4.78, 5) is 24.8. The minimum absolute atomic E-state index is 0.0362. The minimum atomic E-state index is -3.22. The molecule has 0 atom stereocenters. The van der Waals surface area contributed by atoms with E-state index in [-0.39, 0.29) is 24.1 Å². The number of hydrogen-bond acceptors (Lipinski definition) is 5. The molecule has 1 aliphatic heterocycles. The fraction of sp³-hybridized carbons (Fsp3) is 0.500. The number of rotatable bonds is 5. The van der Waals surface area contributed by atoms with Crippen molar-refractivity contribution in [2.24, 2.45) is 7.05 Å². The number of aromatic nitrogens is 3. The quantitative estimate of drug-likeness (QED) is 0.753. The van der Waals surface area contributed by atoms with Crippen molar-refractivity contribution < 1.29 is 13.2 Å². The van der Waals surface area contributed by atoms with Gasteiger partial charge in [-0.3, -0.25) is 9.36 Å². The molecule has 158 valence electrons. The molecule has 3 rings (SSSR count). The highest BCUT2D eigenvalue weighted by molar-refractivity contribution is 7.88. The standard InChI is InChI=1S/C18H24ClN5O4S/c1-12-4-5-14(10-15(12)19)20-16(25)11-24-18(26)22(2)17(21-24)13-6-8-23(9-7-13)29(3,27)28/h4-5,10,13H,6-9,11H2,1-3H3,(H,20,25). The van der Waals surface area contributed by atoms with Crippen molar-refractivity contribution in [2.75, 3.05) is 24.7 Å². The first-order valence-electron chi connectivity index (χ1n) is 9.21. The average Bonchev–Trinajstić information content (AvgIpc) is 2.92. The van der Waals surface area contributed by atoms with Crippen molar-refractivity contribution >= 4 is 33.2 Å². The maximum atomic E-state index is 12.5. The van der Waals surface area contributed by atoms with Gasteiger partial charge in [0, 0.05) is 36.8 Å². The van der Waals surface area contributed by atoms with Crippen LogP contribution in [0.4, 0.5) is 5.69 Å². The normalized spacial score (nSPS) is 16.1. The van der Waals surface area contributed by atoms with Crippen LogP contribution in [-0.2, 0) is 28.4 Å². The number of benzene rings is 1. The molecule has 1 aliphatic rings. The molecule has 0 radical (unpaired) electrons. The lowest BCUT2D eigenvalue weighted by Crippen LogP contribution is -2.37. The maximum absolute atomic E-state index is 12.5. The number of aryl methyl sites for hydroxylation is 1. The largest absolute Gasteiger partial charge is 0.346 e. The number of nitrogens with zero attached hydrogens (tertiary/aromatic N) is 4. The summed E-state index contributed by atoms with van der Waals surface area (Å²) in [6, 6.07) is 5.18. The smallest absolute Gasteiger partial charge is 0.324 e. The molecule has 0 bridgehead atoms. The van der Waals surface area contributed by atoms with Crippen LogP contribution in [0, 0.1) is 6.92 Å². The molecule has 0 saturated carbocycles. The molecule has 0 aliphatic carbocycles. The van der Waals surface area contributed by atoms with Crippen LogP contribution in [0.1, 0.15) is 30.1 Å². The van der Waals surface area contributed by atoms with E-state index >= 15 is 0 Å². The fourth-order valence-corrected chi connectivity index (χ4v) is 4.47. The second kappa shape index (κ2) is 8.29. The Kier molecular flexibility index (Phi) is 6.16. The predicted octanol–water partition coefficient (Wildman–Crippen LogP) is 1.32. The Labute approximate surface area is 174 Å². The number of amides is 1. The Morgan fingerprint density at radius 1 is 1.31 bits per heavy atom. The lowest BCUT2D eigenvalue weighted by molar-refractivity contribution is -0.117. The molecule has 1 N–H and O–H groups in total. The zero-order valence-electron chi connectivity index (χ0n) is 16.6. The number of sulfonamides is 1. The van der Waals surface area contributed by atoms with E-state index < -0.39 is 10.0 Å². The lowest BCUT2D eigenvalue weighted by atomic mass is 9.97. The van der Waals surface area contributed by atoms with Gasteiger partial charge < -0.3 is 5.32 Å². The molecule has 0 unspecified atom stereocenters. The summed E-state index contributed by atoms with van der Waals surface area (Å²) in [7, 11) is -1.61. The van der Waals surface area contributed by atoms with Crippen molar-refractivity contribution in [1.82, 2.24) is 18.7 Å². The first kappa shape index (κ1) is 21.5. The molecule has 1 saturated heterocycles. The number of halogens is 1. The van der Waals surface area contributed by atoms with Crippen LogP contribution in [0.5, 0.6) is 0 Å². The summed E-state index contributed by atoms with van der Waals surface area (Å²) in [5, 5.41) is 7.60. The van der Waals surface area contributed by atoms with Crippen molar-refractivity contribution in [2.45, 2.75) is 32.2 Å². The molecule has 2 heterocycles. The van der Waals surface area contributed by atoms with Gasteiger partial charge >= 0.3 is 5.69 Å². The van der Waals surface area contributed by atoms with Crippen LogP contribution < -0.4 is 11.0 Å². The Hall–Kier alpha value is -2.17. The third-order valence-corrected chi connectivity index (χ3v) is 6.82. The number of carbonyl (C=O) groups excluding carboxylic acids is 1. The van der Waals surface area contributed by atoms with Crippen LogP contribution >= 0.6 is 11.6 Å². The van der Waals surface area contributed by atoms with E-state index in [1.807, 2.05) is 6.92 Å². The third-order valence-electron chi connectivity index (χ3n) is 5.11. The first-order valence-corrected chi connectivity index (χ1v) is 11.4. The maximum Gasteiger partial charge on any atom is 0.346 e. The van der Waals surface area contributed by atoms with E-state index in [4.69, 9.17) is 11.6 Å². The Morgan fingerprint density at radius 3 is 2.55 bits per heavy atom. The van der Waals surface area contributed by atoms with E-state index in [0.29, 0.717) is 42.5 Å². The first-order chi connectivity index (χ1) is 13.6. The zero-order valence-corrected chi connectivity index (χ0v) is 18.1. The molecule has 11 heteroatoms. The molecule has 1 fully saturated rings. The molecular weight excluding hydrogens is 418 g/mol. The van der Waals surface area contributed by atoms with Gasteiger partial charge in [-0.05, 0) is 37.5 Å². The van der Waals surface area contributed by atoms with Crippen molar-refractivity contribution in [1.29, 1.82) is 0 Å². The van der Waals surface area contributed by atoms with Crippen LogP contribution in [0.2, 0.25) is 5.02 Å². The van der Waals surface area contributed by atoms with Crippen LogP contribution in [0.25, 0.3) is 0 Å². The topological polar surface area (TPSA) is 106 Å². The number of anilines is 1. The summed E-state index contributed by atoms with van der Waals surface area (Å²) < 4.78 is 27.3. The van der Waals surface area contributed by atoms with Gasteiger partial charge in [-0.2, -0.15) is 5.10 Å². The SMILES string of the molecule is Cc1ccc(NC(=O)Cn2nc(C3CCN(S(C)(=O)=O)CC3)n(C)c2=O)cc1Cl. The van der Waals surface area contributed by atoms with Crippen LogP contribution in [0.15, 0.2) is 23.0 Å². The lowest BCUT2D eigenvalue weighted by Gasteiger charge is -2.29. The van der Waals surface area contributed by atoms with E-state index in [0.717, 1.165) is 10.2 Å². The third kappa shape index (κ3) is 4.88. The predicted molar refractivity (Wildman–Crippen MR) is 111 cm³/mol. The Morgan fingerprint density at radius 2 is 1.97 bits per heavy atom. The highest BCUT2D eigenvalue weighted by atomic mass is 35.5. The summed E-state index contributed by atoms with van der Waals surface area (Å²) in [5.74, 6) is 0.142. The van der Waals surface area contributed by atoms with E-state index in [2.05, 4.69) is 10.4 Å². The Bertz CT molecular complexity index is 1080. The average molecular weight is 442 g/mol. The van der Waals surface area contributed by atoms with Gasteiger partial charge in [-0.15, -0.1) is 0 Å². The van der Waals surface area contributed by atoms with Gasteiger partial charge in [0.2, 0.25) is 15.9 Å². The van der Waals surface area contributed by atoms with Crippen molar-refractivity contribution in [3.8, 4) is 0 Å². The van der Waals surface area contributed by atoms with Gasteiger partial charge in [-0.25, -0.2) is 22.2 Å². The Balaban J connectivity index is 1.69. The molecule has 1 amide bonds.